The van der Waals surface area contributed by atoms with E-state index < -0.39 is 0 Å². The Balaban J connectivity index is 2.78. The van der Waals surface area contributed by atoms with Crippen LogP contribution >= 0.6 is 11.6 Å². The summed E-state index contributed by atoms with van der Waals surface area (Å²) in [6.07, 6.45) is 0.997. The Bertz CT molecular complexity index is 344. The molecule has 3 nitrogen and oxygen atoms in total. The summed E-state index contributed by atoms with van der Waals surface area (Å²) in [6.45, 7) is 2.54. The van der Waals surface area contributed by atoms with Crippen molar-refractivity contribution >= 4 is 17.3 Å². The van der Waals surface area contributed by atoms with Gasteiger partial charge in [-0.05, 0) is 25.1 Å². The summed E-state index contributed by atoms with van der Waals surface area (Å²) in [5.74, 6) is 0. The molecule has 0 aliphatic carbocycles. The molecule has 0 atom stereocenters. The minimum Gasteiger partial charge on any atom is -0.385 e. The molecule has 0 aliphatic heterocycles. The van der Waals surface area contributed by atoms with Crippen LogP contribution in [0.5, 0.6) is 0 Å². The van der Waals surface area contributed by atoms with Crippen molar-refractivity contribution in [3.8, 4) is 0 Å². The molecular formula is C13H21ClN2O. The lowest BCUT2D eigenvalue weighted by Gasteiger charge is -2.23. The molecule has 4 heteroatoms. The molecule has 0 saturated carbocycles. The summed E-state index contributed by atoms with van der Waals surface area (Å²) >= 11 is 6.27. The molecule has 0 unspecified atom stereocenters. The Morgan fingerprint density at radius 3 is 2.82 bits per heavy atom. The number of anilines is 1. The Kier molecular flexibility index (Phi) is 6.34. The highest BCUT2D eigenvalue weighted by Gasteiger charge is 2.10. The average molecular weight is 257 g/mol. The van der Waals surface area contributed by atoms with Crippen LogP contribution in [0.25, 0.3) is 0 Å². The molecule has 0 aromatic heterocycles. The first kappa shape index (κ1) is 14.3. The van der Waals surface area contributed by atoms with Crippen LogP contribution in [0, 0.1) is 0 Å². The van der Waals surface area contributed by atoms with E-state index >= 15 is 0 Å². The molecule has 1 aromatic carbocycles. The Morgan fingerprint density at radius 2 is 2.18 bits per heavy atom. The van der Waals surface area contributed by atoms with Gasteiger partial charge < -0.3 is 15.0 Å². The highest BCUT2D eigenvalue weighted by atomic mass is 35.5. The van der Waals surface area contributed by atoms with E-state index in [1.165, 1.54) is 5.56 Å². The predicted octanol–water partition coefficient (Wildman–Crippen LogP) is 2.53. The Hall–Kier alpha value is -0.770. The lowest BCUT2D eigenvalue weighted by Crippen LogP contribution is -2.22. The van der Waals surface area contributed by atoms with Crippen LogP contribution in [0.4, 0.5) is 5.69 Å². The standard InChI is InChI=1S/C13H21ClN2O/c1-15-10-11-6-4-7-12(14)13(11)16(2)8-5-9-17-3/h4,6-7,15H,5,8-10H2,1-3H3. The van der Waals surface area contributed by atoms with Crippen molar-refractivity contribution in [3.05, 3.63) is 28.8 Å². The summed E-state index contributed by atoms with van der Waals surface area (Å²) in [7, 11) is 5.73. The van der Waals surface area contributed by atoms with Gasteiger partial charge in [0.2, 0.25) is 0 Å². The summed E-state index contributed by atoms with van der Waals surface area (Å²) in [4.78, 5) is 2.19. The van der Waals surface area contributed by atoms with Crippen LogP contribution in [-0.2, 0) is 11.3 Å². The summed E-state index contributed by atoms with van der Waals surface area (Å²) in [5.41, 5.74) is 2.33. The largest absolute Gasteiger partial charge is 0.385 e. The highest BCUT2D eigenvalue weighted by Crippen LogP contribution is 2.29. The Morgan fingerprint density at radius 1 is 1.41 bits per heavy atom. The van der Waals surface area contributed by atoms with E-state index in [0.29, 0.717) is 0 Å². The number of benzene rings is 1. The van der Waals surface area contributed by atoms with Gasteiger partial charge in [0.25, 0.3) is 0 Å². The van der Waals surface area contributed by atoms with Crippen LogP contribution in [0.1, 0.15) is 12.0 Å². The predicted molar refractivity (Wildman–Crippen MR) is 74.0 cm³/mol. The van der Waals surface area contributed by atoms with Crippen molar-refractivity contribution in [1.29, 1.82) is 0 Å². The van der Waals surface area contributed by atoms with E-state index in [0.717, 1.165) is 36.8 Å². The number of hydrogen-bond acceptors (Lipinski definition) is 3. The van der Waals surface area contributed by atoms with Gasteiger partial charge in [0.1, 0.15) is 0 Å². The number of hydrogen-bond donors (Lipinski definition) is 1. The van der Waals surface area contributed by atoms with Crippen molar-refractivity contribution in [1.82, 2.24) is 5.32 Å². The third-order valence-corrected chi connectivity index (χ3v) is 2.97. The maximum absolute atomic E-state index is 6.27. The van der Waals surface area contributed by atoms with Crippen molar-refractivity contribution in [2.75, 3.05) is 39.3 Å². The summed E-state index contributed by atoms with van der Waals surface area (Å²) < 4.78 is 5.06. The molecule has 17 heavy (non-hydrogen) atoms. The van der Waals surface area contributed by atoms with Gasteiger partial charge in [0, 0.05) is 33.9 Å². The van der Waals surface area contributed by atoms with Crippen molar-refractivity contribution in [2.24, 2.45) is 0 Å². The molecule has 0 heterocycles. The number of para-hydroxylation sites is 1. The first-order valence-corrected chi connectivity index (χ1v) is 6.20. The number of halogens is 1. The van der Waals surface area contributed by atoms with Crippen molar-refractivity contribution in [2.45, 2.75) is 13.0 Å². The normalized spacial score (nSPS) is 10.6. The zero-order chi connectivity index (χ0) is 12.7. The van der Waals surface area contributed by atoms with Gasteiger partial charge in [0.05, 0.1) is 10.7 Å². The van der Waals surface area contributed by atoms with Gasteiger partial charge in [-0.1, -0.05) is 23.7 Å². The van der Waals surface area contributed by atoms with Crippen LogP contribution in [-0.4, -0.2) is 34.4 Å². The lowest BCUT2D eigenvalue weighted by atomic mass is 10.1. The SMILES string of the molecule is CNCc1cccc(Cl)c1N(C)CCCOC. The molecule has 1 N–H and O–H groups in total. The van der Waals surface area contributed by atoms with E-state index in [9.17, 15) is 0 Å². The number of rotatable bonds is 7. The number of methoxy groups -OCH3 is 1. The molecule has 1 aromatic rings. The first-order valence-electron chi connectivity index (χ1n) is 5.82. The maximum atomic E-state index is 6.27. The van der Waals surface area contributed by atoms with Crippen molar-refractivity contribution in [3.63, 3.8) is 0 Å². The van der Waals surface area contributed by atoms with E-state index in [1.54, 1.807) is 7.11 Å². The van der Waals surface area contributed by atoms with Gasteiger partial charge in [-0.15, -0.1) is 0 Å². The van der Waals surface area contributed by atoms with Crippen LogP contribution in [0.15, 0.2) is 18.2 Å². The van der Waals surface area contributed by atoms with Gasteiger partial charge in [-0.2, -0.15) is 0 Å². The van der Waals surface area contributed by atoms with Crippen LogP contribution in [0.2, 0.25) is 5.02 Å². The molecule has 0 spiro atoms. The molecule has 0 aliphatic rings. The zero-order valence-corrected chi connectivity index (χ0v) is 11.5. The third-order valence-electron chi connectivity index (χ3n) is 2.66. The molecule has 0 radical (unpaired) electrons. The van der Waals surface area contributed by atoms with Gasteiger partial charge in [-0.25, -0.2) is 0 Å². The number of nitrogens with zero attached hydrogens (tertiary/aromatic N) is 1. The maximum Gasteiger partial charge on any atom is 0.0642 e. The molecule has 0 saturated heterocycles. The second-order valence-corrected chi connectivity index (χ2v) is 4.45. The topological polar surface area (TPSA) is 24.5 Å². The number of nitrogens with one attached hydrogen (secondary N) is 1. The minimum atomic E-state index is 0.774. The first-order chi connectivity index (χ1) is 8.20. The molecule has 0 fully saturated rings. The second-order valence-electron chi connectivity index (χ2n) is 4.05. The fraction of sp³-hybridized carbons (Fsp3) is 0.538. The van der Waals surface area contributed by atoms with Crippen molar-refractivity contribution < 1.29 is 4.74 Å². The molecule has 0 amide bonds. The Labute approximate surface area is 109 Å². The van der Waals surface area contributed by atoms with Crippen LogP contribution in [0.3, 0.4) is 0 Å². The summed E-state index contributed by atoms with van der Waals surface area (Å²) in [5, 5.41) is 3.97. The third kappa shape index (κ3) is 4.19. The van der Waals surface area contributed by atoms with E-state index in [2.05, 4.69) is 23.3 Å². The molecule has 96 valence electrons. The van der Waals surface area contributed by atoms with E-state index in [1.807, 2.05) is 19.2 Å². The van der Waals surface area contributed by atoms with E-state index in [-0.39, 0.29) is 0 Å². The van der Waals surface area contributed by atoms with Gasteiger partial charge in [-0.3, -0.25) is 0 Å². The fourth-order valence-electron chi connectivity index (χ4n) is 1.88. The number of ether oxygens (including phenoxy) is 1. The smallest absolute Gasteiger partial charge is 0.0642 e. The molecule has 1 rings (SSSR count). The van der Waals surface area contributed by atoms with Gasteiger partial charge in [0.15, 0.2) is 0 Å². The van der Waals surface area contributed by atoms with Crippen LogP contribution < -0.4 is 10.2 Å². The molecule has 0 bridgehead atoms. The highest BCUT2D eigenvalue weighted by molar-refractivity contribution is 6.33. The average Bonchev–Trinajstić information content (AvgIpc) is 2.30. The quantitative estimate of drug-likeness (QED) is 0.759. The fourth-order valence-corrected chi connectivity index (χ4v) is 2.22. The van der Waals surface area contributed by atoms with E-state index in [4.69, 9.17) is 16.3 Å². The minimum absolute atomic E-state index is 0.774. The summed E-state index contributed by atoms with van der Waals surface area (Å²) in [6, 6.07) is 6.02. The second kappa shape index (κ2) is 7.54. The lowest BCUT2D eigenvalue weighted by molar-refractivity contribution is 0.196. The van der Waals surface area contributed by atoms with Gasteiger partial charge >= 0.3 is 0 Å². The molecular weight excluding hydrogens is 236 g/mol. The monoisotopic (exact) mass is 256 g/mol. The zero-order valence-electron chi connectivity index (χ0n) is 10.8.